The van der Waals surface area contributed by atoms with Crippen LogP contribution in [-0.2, 0) is 17.8 Å². The molecule has 0 saturated carbocycles. The first-order chi connectivity index (χ1) is 9.65. The molecule has 0 aliphatic carbocycles. The quantitative estimate of drug-likeness (QED) is 0.876. The summed E-state index contributed by atoms with van der Waals surface area (Å²) in [5, 5.41) is 9.85. The lowest BCUT2D eigenvalue weighted by molar-refractivity contribution is 0.185. The van der Waals surface area contributed by atoms with E-state index in [9.17, 15) is 9.90 Å². The average Bonchev–Trinajstić information content (AvgIpc) is 2.44. The minimum absolute atomic E-state index is 0.188. The second kappa shape index (κ2) is 6.34. The van der Waals surface area contributed by atoms with Crippen LogP contribution < -0.4 is 5.56 Å². The van der Waals surface area contributed by atoms with Gasteiger partial charge in [-0.1, -0.05) is 37.6 Å². The molecule has 5 heteroatoms. The summed E-state index contributed by atoms with van der Waals surface area (Å²) in [6.07, 6.45) is 1.30. The highest BCUT2D eigenvalue weighted by Crippen LogP contribution is 2.19. The number of ether oxygens (including phenoxy) is 1. The minimum atomic E-state index is -0.282. The normalized spacial score (nSPS) is 10.7. The number of hydrogen-bond acceptors (Lipinski definition) is 4. The van der Waals surface area contributed by atoms with Gasteiger partial charge < -0.3 is 14.8 Å². The third-order valence-corrected chi connectivity index (χ3v) is 3.03. The number of aromatic hydroxyl groups is 1. The van der Waals surface area contributed by atoms with Gasteiger partial charge in [-0.2, -0.15) is 4.98 Å². The van der Waals surface area contributed by atoms with Gasteiger partial charge in [0.15, 0.2) is 0 Å². The standard InChI is InChI=1S/C15H18N2O3/c1-3-4-12-14(18)16-13(17-15(12)19)11-7-5-10(6-8-11)9-20-2/h5-8H,3-4,9H2,1-2H3,(H2,16,17,18,19). The maximum Gasteiger partial charge on any atom is 0.258 e. The van der Waals surface area contributed by atoms with Crippen LogP contribution in [0.3, 0.4) is 0 Å². The van der Waals surface area contributed by atoms with Crippen molar-refractivity contribution >= 4 is 0 Å². The first-order valence-electron chi connectivity index (χ1n) is 6.56. The molecule has 2 aromatic rings. The van der Waals surface area contributed by atoms with Crippen LogP contribution in [0.15, 0.2) is 29.1 Å². The molecule has 1 aromatic heterocycles. The number of H-pyrrole nitrogens is 1. The fourth-order valence-electron chi connectivity index (χ4n) is 2.02. The second-order valence-electron chi connectivity index (χ2n) is 4.60. The monoisotopic (exact) mass is 274 g/mol. The number of aromatic amines is 1. The maximum atomic E-state index is 11.9. The topological polar surface area (TPSA) is 75.2 Å². The largest absolute Gasteiger partial charge is 0.493 e. The molecular formula is C15H18N2O3. The van der Waals surface area contributed by atoms with Crippen molar-refractivity contribution in [3.63, 3.8) is 0 Å². The van der Waals surface area contributed by atoms with Crippen LogP contribution >= 0.6 is 0 Å². The van der Waals surface area contributed by atoms with Gasteiger partial charge in [-0.25, -0.2) is 0 Å². The zero-order chi connectivity index (χ0) is 14.5. The van der Waals surface area contributed by atoms with Gasteiger partial charge in [0.25, 0.3) is 5.56 Å². The molecule has 0 atom stereocenters. The fraction of sp³-hybridized carbons (Fsp3) is 0.333. The second-order valence-corrected chi connectivity index (χ2v) is 4.60. The lowest BCUT2D eigenvalue weighted by Gasteiger charge is -2.06. The molecule has 1 aromatic carbocycles. The van der Waals surface area contributed by atoms with Crippen LogP contribution in [-0.4, -0.2) is 22.2 Å². The van der Waals surface area contributed by atoms with Crippen LogP contribution in [0.25, 0.3) is 11.4 Å². The minimum Gasteiger partial charge on any atom is -0.493 e. The van der Waals surface area contributed by atoms with Gasteiger partial charge in [-0.05, 0) is 12.0 Å². The van der Waals surface area contributed by atoms with Gasteiger partial charge in [0, 0.05) is 12.7 Å². The molecule has 0 spiro atoms. The van der Waals surface area contributed by atoms with Gasteiger partial charge in [0.05, 0.1) is 12.2 Å². The van der Waals surface area contributed by atoms with Crippen LogP contribution in [0.5, 0.6) is 5.88 Å². The van der Waals surface area contributed by atoms with E-state index in [0.717, 1.165) is 17.5 Å². The number of aromatic nitrogens is 2. The van der Waals surface area contributed by atoms with E-state index in [2.05, 4.69) is 9.97 Å². The molecule has 0 aliphatic rings. The van der Waals surface area contributed by atoms with E-state index >= 15 is 0 Å². The van der Waals surface area contributed by atoms with Gasteiger partial charge in [0.2, 0.25) is 5.88 Å². The van der Waals surface area contributed by atoms with Crippen molar-refractivity contribution in [2.24, 2.45) is 0 Å². The van der Waals surface area contributed by atoms with Crippen molar-refractivity contribution in [1.82, 2.24) is 9.97 Å². The predicted octanol–water partition coefficient (Wildman–Crippen LogP) is 2.24. The number of nitrogens with zero attached hydrogens (tertiary/aromatic N) is 1. The Morgan fingerprint density at radius 2 is 2.00 bits per heavy atom. The summed E-state index contributed by atoms with van der Waals surface area (Å²) in [5.74, 6) is 0.183. The third kappa shape index (κ3) is 3.05. The highest BCUT2D eigenvalue weighted by Gasteiger charge is 2.10. The maximum absolute atomic E-state index is 11.9. The van der Waals surface area contributed by atoms with E-state index in [-0.39, 0.29) is 11.4 Å². The molecule has 0 fully saturated rings. The number of rotatable bonds is 5. The summed E-state index contributed by atoms with van der Waals surface area (Å²) >= 11 is 0. The Bertz CT molecular complexity index is 633. The molecule has 20 heavy (non-hydrogen) atoms. The predicted molar refractivity (Wildman–Crippen MR) is 76.7 cm³/mol. The van der Waals surface area contributed by atoms with Gasteiger partial charge >= 0.3 is 0 Å². The summed E-state index contributed by atoms with van der Waals surface area (Å²) < 4.78 is 5.04. The highest BCUT2D eigenvalue weighted by atomic mass is 16.5. The van der Waals surface area contributed by atoms with Crippen LogP contribution in [0.4, 0.5) is 0 Å². The summed E-state index contributed by atoms with van der Waals surface area (Å²) in [4.78, 5) is 18.7. The summed E-state index contributed by atoms with van der Waals surface area (Å²) in [6, 6.07) is 7.47. The fourth-order valence-corrected chi connectivity index (χ4v) is 2.02. The van der Waals surface area contributed by atoms with Crippen molar-refractivity contribution in [1.29, 1.82) is 0 Å². The number of benzene rings is 1. The first kappa shape index (κ1) is 14.3. The zero-order valence-electron chi connectivity index (χ0n) is 11.6. The molecule has 106 valence electrons. The van der Waals surface area contributed by atoms with Crippen molar-refractivity contribution in [2.45, 2.75) is 26.4 Å². The number of nitrogens with one attached hydrogen (secondary N) is 1. The first-order valence-corrected chi connectivity index (χ1v) is 6.56. The molecule has 1 heterocycles. The molecule has 0 amide bonds. The van der Waals surface area contributed by atoms with E-state index in [0.29, 0.717) is 24.4 Å². The zero-order valence-corrected chi connectivity index (χ0v) is 11.6. The summed E-state index contributed by atoms with van der Waals surface area (Å²) in [6.45, 7) is 2.48. The SMILES string of the molecule is CCCc1c(O)nc(-c2ccc(COC)cc2)[nH]c1=O. The summed E-state index contributed by atoms with van der Waals surface area (Å²) in [7, 11) is 1.64. The lowest BCUT2D eigenvalue weighted by Crippen LogP contribution is -2.15. The third-order valence-electron chi connectivity index (χ3n) is 3.03. The Balaban J connectivity index is 2.35. The molecule has 0 radical (unpaired) electrons. The Morgan fingerprint density at radius 3 is 2.55 bits per heavy atom. The van der Waals surface area contributed by atoms with E-state index in [1.54, 1.807) is 7.11 Å². The number of hydrogen-bond donors (Lipinski definition) is 2. The molecular weight excluding hydrogens is 256 g/mol. The van der Waals surface area contributed by atoms with Crippen LogP contribution in [0.1, 0.15) is 24.5 Å². The molecule has 0 aliphatic heterocycles. The molecule has 2 rings (SSSR count). The van der Waals surface area contributed by atoms with Gasteiger partial charge in [-0.3, -0.25) is 4.79 Å². The average molecular weight is 274 g/mol. The van der Waals surface area contributed by atoms with Gasteiger partial charge in [-0.15, -0.1) is 0 Å². The van der Waals surface area contributed by atoms with Crippen LogP contribution in [0, 0.1) is 0 Å². The molecule has 5 nitrogen and oxygen atoms in total. The Labute approximate surface area is 117 Å². The van der Waals surface area contributed by atoms with E-state index in [1.165, 1.54) is 0 Å². The number of methoxy groups -OCH3 is 1. The van der Waals surface area contributed by atoms with Crippen molar-refractivity contribution < 1.29 is 9.84 Å². The van der Waals surface area contributed by atoms with Crippen molar-refractivity contribution in [3.05, 3.63) is 45.7 Å². The molecule has 2 N–H and O–H groups in total. The molecule has 0 saturated heterocycles. The van der Waals surface area contributed by atoms with Crippen molar-refractivity contribution in [3.8, 4) is 17.3 Å². The Hall–Kier alpha value is -2.14. The van der Waals surface area contributed by atoms with E-state index in [1.807, 2.05) is 31.2 Å². The smallest absolute Gasteiger partial charge is 0.258 e. The summed E-state index contributed by atoms with van der Waals surface area (Å²) in [5.41, 5.74) is 1.84. The lowest BCUT2D eigenvalue weighted by atomic mass is 10.1. The molecule has 0 bridgehead atoms. The van der Waals surface area contributed by atoms with Crippen LogP contribution in [0.2, 0.25) is 0 Å². The Morgan fingerprint density at radius 1 is 1.30 bits per heavy atom. The molecule has 0 unspecified atom stereocenters. The van der Waals surface area contributed by atoms with Crippen molar-refractivity contribution in [2.75, 3.05) is 7.11 Å². The highest BCUT2D eigenvalue weighted by molar-refractivity contribution is 5.56. The van der Waals surface area contributed by atoms with E-state index < -0.39 is 0 Å². The van der Waals surface area contributed by atoms with Gasteiger partial charge in [0.1, 0.15) is 5.82 Å². The Kier molecular flexibility index (Phi) is 4.53. The van der Waals surface area contributed by atoms with E-state index in [4.69, 9.17) is 4.74 Å².